The Morgan fingerprint density at radius 2 is 1.79 bits per heavy atom. The van der Waals surface area contributed by atoms with Crippen LogP contribution in [0.4, 0.5) is 30.0 Å². The molecular weight excluding hydrogens is 690 g/mol. The molecule has 0 saturated heterocycles. The molecule has 0 saturated carbocycles. The lowest BCUT2D eigenvalue weighted by molar-refractivity contribution is -0.0527. The van der Waals surface area contributed by atoms with Gasteiger partial charge in [0.25, 0.3) is 6.02 Å². The molecule has 1 heterocycles. The van der Waals surface area contributed by atoms with E-state index in [-0.39, 0.29) is 54.7 Å². The van der Waals surface area contributed by atoms with Crippen LogP contribution >= 0.6 is 0 Å². The average Bonchev–Trinajstić information content (AvgIpc) is 3.13. The number of carbonyl (C=O) groups excluding carboxylic acids is 2. The molecule has 3 aromatic rings. The quantitative estimate of drug-likeness (QED) is 0.0570. The van der Waals surface area contributed by atoms with Crippen LogP contribution < -0.4 is 31.6 Å². The fourth-order valence-electron chi connectivity index (χ4n) is 4.04. The number of halogens is 2. The molecule has 52 heavy (non-hydrogen) atoms. The number of amidine groups is 2. The van der Waals surface area contributed by atoms with Crippen molar-refractivity contribution in [3.05, 3.63) is 71.8 Å². The van der Waals surface area contributed by atoms with Gasteiger partial charge in [-0.2, -0.15) is 4.99 Å². The predicted octanol–water partition coefficient (Wildman–Crippen LogP) is 4.03. The molecule has 17 nitrogen and oxygen atoms in total. The van der Waals surface area contributed by atoms with Gasteiger partial charge in [-0.15, -0.1) is 0 Å². The van der Waals surface area contributed by atoms with Crippen molar-refractivity contribution in [1.82, 2.24) is 9.97 Å². The van der Waals surface area contributed by atoms with E-state index in [1.165, 1.54) is 45.5 Å². The fraction of sp³-hybridized carbons (Fsp3) is 0.394. The molecule has 1 aromatic heterocycles. The summed E-state index contributed by atoms with van der Waals surface area (Å²) in [7, 11) is 1.37. The van der Waals surface area contributed by atoms with Crippen LogP contribution in [-0.2, 0) is 18.9 Å². The lowest BCUT2D eigenvalue weighted by Crippen LogP contribution is -2.35. The highest BCUT2D eigenvalue weighted by Crippen LogP contribution is 2.34. The first-order valence-corrected chi connectivity index (χ1v) is 15.8. The first-order chi connectivity index (χ1) is 24.9. The number of hydrogen-bond donors (Lipinski definition) is 5. The number of hydrogen-bond acceptors (Lipinski definition) is 14. The minimum Gasteiger partial charge on any atom is -0.497 e. The smallest absolute Gasteiger partial charge is 0.497 e. The fourth-order valence-corrected chi connectivity index (χ4v) is 4.04. The van der Waals surface area contributed by atoms with Crippen molar-refractivity contribution in [2.45, 2.75) is 45.0 Å². The van der Waals surface area contributed by atoms with Crippen molar-refractivity contribution in [2.24, 2.45) is 21.5 Å². The van der Waals surface area contributed by atoms with Gasteiger partial charge in [0.05, 0.1) is 26.4 Å². The zero-order chi connectivity index (χ0) is 38.1. The lowest BCUT2D eigenvalue weighted by atomic mass is 10.0. The number of methoxy groups -OCH3 is 1. The Bertz CT molecular complexity index is 1670. The summed E-state index contributed by atoms with van der Waals surface area (Å²) in [6.45, 7) is 2.39. The highest BCUT2D eigenvalue weighted by molar-refractivity contribution is 6.02. The van der Waals surface area contributed by atoms with E-state index in [4.69, 9.17) is 39.9 Å². The average molecular weight is 733 g/mol. The van der Waals surface area contributed by atoms with E-state index in [1.807, 2.05) is 6.92 Å². The number of amides is 1. The summed E-state index contributed by atoms with van der Waals surface area (Å²) >= 11 is 0. The summed E-state index contributed by atoms with van der Waals surface area (Å²) in [5.74, 6) is -0.974. The van der Waals surface area contributed by atoms with Gasteiger partial charge in [0.1, 0.15) is 36.6 Å². The van der Waals surface area contributed by atoms with Crippen molar-refractivity contribution in [2.75, 3.05) is 51.0 Å². The molecular formula is C33H42F2N8O9. The molecule has 0 bridgehead atoms. The molecule has 3 rings (SSSR count). The number of aliphatic imine (C=N–C) groups is 2. The second kappa shape index (κ2) is 20.1. The Balaban J connectivity index is 2.01. The van der Waals surface area contributed by atoms with Gasteiger partial charge in [0.2, 0.25) is 12.7 Å². The van der Waals surface area contributed by atoms with Gasteiger partial charge in [0.15, 0.2) is 11.6 Å². The van der Waals surface area contributed by atoms with Gasteiger partial charge in [-0.3, -0.25) is 5.32 Å². The van der Waals surface area contributed by atoms with Gasteiger partial charge in [-0.1, -0.05) is 6.92 Å². The van der Waals surface area contributed by atoms with Gasteiger partial charge in [-0.05, 0) is 56.7 Å². The van der Waals surface area contributed by atoms with Gasteiger partial charge in [-0.25, -0.2) is 33.3 Å². The molecule has 19 heteroatoms. The van der Waals surface area contributed by atoms with E-state index >= 15 is 4.39 Å². The predicted molar refractivity (Wildman–Crippen MR) is 185 cm³/mol. The van der Waals surface area contributed by atoms with Crippen LogP contribution in [0.15, 0.2) is 64.8 Å². The van der Waals surface area contributed by atoms with Crippen molar-refractivity contribution in [3.8, 4) is 11.5 Å². The molecule has 0 spiro atoms. The maximum Gasteiger partial charge on any atom is 0.511 e. The number of nitrogens with two attached hydrogens (primary N) is 2. The van der Waals surface area contributed by atoms with Crippen molar-refractivity contribution in [1.29, 1.82) is 0 Å². The third-order valence-corrected chi connectivity index (χ3v) is 6.55. The summed E-state index contributed by atoms with van der Waals surface area (Å²) < 4.78 is 60.3. The number of rotatable bonds is 17. The molecule has 0 radical (unpaired) electrons. The molecule has 0 aliphatic carbocycles. The number of ether oxygens (including phenoxy) is 6. The van der Waals surface area contributed by atoms with Gasteiger partial charge >= 0.3 is 12.2 Å². The molecule has 7 N–H and O–H groups in total. The zero-order valence-electron chi connectivity index (χ0n) is 29.0. The minimum absolute atomic E-state index is 0.0137. The molecule has 0 aliphatic rings. The van der Waals surface area contributed by atoms with E-state index in [0.717, 1.165) is 0 Å². The van der Waals surface area contributed by atoms with Gasteiger partial charge in [0, 0.05) is 35.3 Å². The minimum atomic E-state index is -1.44. The summed E-state index contributed by atoms with van der Waals surface area (Å²) in [4.78, 5) is 40.2. The van der Waals surface area contributed by atoms with E-state index in [2.05, 4.69) is 30.6 Å². The number of aliphatic hydroxyl groups is 1. The number of aliphatic hydroxyl groups excluding tert-OH is 1. The SMILES string of the molecule is CCCOC(=O)N=C(N)c1ccc(NC(c2cc(OC)cc(OCCO)c2F)C(N)N=C(Nc2ncccn2)OCOC(=O)OC(C)(C)CF)cc1. The number of anilines is 2. The third-order valence-electron chi connectivity index (χ3n) is 6.55. The summed E-state index contributed by atoms with van der Waals surface area (Å²) in [6, 6.07) is 8.92. The van der Waals surface area contributed by atoms with Gasteiger partial charge < -0.3 is 50.3 Å². The third kappa shape index (κ3) is 12.8. The van der Waals surface area contributed by atoms with Crippen molar-refractivity contribution >= 4 is 35.7 Å². The zero-order valence-corrected chi connectivity index (χ0v) is 29.0. The Morgan fingerprint density at radius 1 is 1.08 bits per heavy atom. The van der Waals surface area contributed by atoms with E-state index < -0.39 is 49.3 Å². The Morgan fingerprint density at radius 3 is 2.42 bits per heavy atom. The van der Waals surface area contributed by atoms with E-state index in [9.17, 15) is 19.1 Å². The number of aromatic nitrogens is 2. The monoisotopic (exact) mass is 732 g/mol. The number of alkyl halides is 1. The lowest BCUT2D eigenvalue weighted by Gasteiger charge is -2.26. The molecule has 2 unspecified atom stereocenters. The summed E-state index contributed by atoms with van der Waals surface area (Å²) in [5.41, 5.74) is 11.9. The standard InChI is InChI=1S/C33H42F2N8O9/c1-5-14-49-31(45)42-27(36)20-7-9-21(10-8-20)40-26(23-16-22(47-4)17-24(25(23)35)48-15-13-44)28(37)41-30(43-29-38-11-6-12-39-29)50-19-51-32(46)52-33(2,3)18-34/h6-12,16-17,26,28,40,44H,5,13-15,18-19,37H2,1-4H3,(H2,36,42,45)(H,38,39,41,43). The first-order valence-electron chi connectivity index (χ1n) is 15.8. The molecule has 282 valence electrons. The van der Waals surface area contributed by atoms with E-state index in [1.54, 1.807) is 30.3 Å². The van der Waals surface area contributed by atoms with Crippen LogP contribution in [0.2, 0.25) is 0 Å². The summed E-state index contributed by atoms with van der Waals surface area (Å²) in [6.07, 6.45) is 0.0249. The van der Waals surface area contributed by atoms with Crippen LogP contribution in [0.5, 0.6) is 11.5 Å². The Hall–Kier alpha value is -5.82. The Kier molecular flexibility index (Phi) is 15.7. The highest BCUT2D eigenvalue weighted by atomic mass is 19.1. The first kappa shape index (κ1) is 40.6. The second-order valence-corrected chi connectivity index (χ2v) is 11.2. The van der Waals surface area contributed by atoms with E-state index in [0.29, 0.717) is 17.7 Å². The maximum absolute atomic E-state index is 16.1. The van der Waals surface area contributed by atoms with Crippen molar-refractivity contribution in [3.63, 3.8) is 0 Å². The number of carbonyl (C=O) groups is 2. The maximum atomic E-state index is 16.1. The molecule has 2 atom stereocenters. The van der Waals surface area contributed by atoms with Crippen LogP contribution in [0.25, 0.3) is 0 Å². The van der Waals surface area contributed by atoms with Crippen LogP contribution in [0.3, 0.4) is 0 Å². The van der Waals surface area contributed by atoms with Crippen LogP contribution in [0.1, 0.15) is 44.4 Å². The molecule has 2 aromatic carbocycles. The summed E-state index contributed by atoms with van der Waals surface area (Å²) in [5, 5.41) is 15.1. The second-order valence-electron chi connectivity index (χ2n) is 11.2. The topological polar surface area (TPSA) is 236 Å². The van der Waals surface area contributed by atoms with Crippen molar-refractivity contribution < 1.29 is 51.9 Å². The van der Waals surface area contributed by atoms with Crippen LogP contribution in [-0.4, -0.2) is 91.3 Å². The molecule has 0 fully saturated rings. The molecule has 0 aliphatic heterocycles. The van der Waals surface area contributed by atoms with Crippen LogP contribution in [0, 0.1) is 5.82 Å². The highest BCUT2D eigenvalue weighted by Gasteiger charge is 2.28. The number of nitrogens with one attached hydrogen (secondary N) is 2. The normalized spacial score (nSPS) is 13.0. The number of nitrogens with zero attached hydrogens (tertiary/aromatic N) is 4. The number of benzene rings is 2. The largest absolute Gasteiger partial charge is 0.511 e. The molecule has 1 amide bonds. The Labute approximate surface area is 298 Å².